The van der Waals surface area contributed by atoms with Gasteiger partial charge in [0.25, 0.3) is 0 Å². The Kier molecular flexibility index (Phi) is 10.5. The molecule has 8 heteroatoms. The van der Waals surface area contributed by atoms with Gasteiger partial charge in [0.1, 0.15) is 23.4 Å². The number of amides is 3. The molecule has 0 radical (unpaired) electrons. The number of alkyl carbamates (subject to hydrolysis) is 1. The number of aromatic hydroxyl groups is 1. The summed E-state index contributed by atoms with van der Waals surface area (Å²) in [4.78, 5) is 40.2. The van der Waals surface area contributed by atoms with Crippen molar-refractivity contribution >= 4 is 17.9 Å². The standard InChI is InChI=1S/C24H39N3O5/c1-8-9-12-15-25-21(29)20(18-13-10-11-14-19(18)28)27(16(2)3)22(30)17(4)26-23(31)32-24(5,6)7/h10-11,13-14,16-17,20,28H,8-9,12,15H2,1-7H3,(H,25,29)(H,26,31). The second kappa shape index (κ2) is 12.3. The Hall–Kier alpha value is -2.77. The summed E-state index contributed by atoms with van der Waals surface area (Å²) in [6, 6.07) is 4.11. The van der Waals surface area contributed by atoms with E-state index in [0.717, 1.165) is 19.3 Å². The van der Waals surface area contributed by atoms with Crippen LogP contribution in [0, 0.1) is 0 Å². The van der Waals surface area contributed by atoms with Crippen LogP contribution in [0.5, 0.6) is 5.75 Å². The summed E-state index contributed by atoms with van der Waals surface area (Å²) in [6.45, 7) is 12.9. The van der Waals surface area contributed by atoms with Gasteiger partial charge in [0.15, 0.2) is 0 Å². The number of phenolic OH excluding ortho intramolecular Hbond substituents is 1. The highest BCUT2D eigenvalue weighted by atomic mass is 16.6. The van der Waals surface area contributed by atoms with Gasteiger partial charge in [-0.2, -0.15) is 0 Å². The van der Waals surface area contributed by atoms with Crippen molar-refractivity contribution in [1.82, 2.24) is 15.5 Å². The Balaban J connectivity index is 3.20. The molecule has 0 aromatic heterocycles. The molecule has 0 heterocycles. The van der Waals surface area contributed by atoms with E-state index in [1.54, 1.807) is 59.7 Å². The predicted molar refractivity (Wildman–Crippen MR) is 124 cm³/mol. The molecule has 0 fully saturated rings. The lowest BCUT2D eigenvalue weighted by Crippen LogP contribution is -2.54. The summed E-state index contributed by atoms with van der Waals surface area (Å²) in [7, 11) is 0. The van der Waals surface area contributed by atoms with Gasteiger partial charge in [-0.3, -0.25) is 9.59 Å². The predicted octanol–water partition coefficient (Wildman–Crippen LogP) is 3.89. The molecule has 0 aliphatic carbocycles. The first-order valence-electron chi connectivity index (χ1n) is 11.3. The zero-order chi connectivity index (χ0) is 24.5. The topological polar surface area (TPSA) is 108 Å². The second-order valence-electron chi connectivity index (χ2n) is 9.17. The van der Waals surface area contributed by atoms with Crippen molar-refractivity contribution in [3.8, 4) is 5.75 Å². The number of nitrogens with zero attached hydrogens (tertiary/aromatic N) is 1. The van der Waals surface area contributed by atoms with Crippen LogP contribution in [0.2, 0.25) is 0 Å². The first kappa shape index (κ1) is 27.3. The van der Waals surface area contributed by atoms with Crippen LogP contribution in [0.3, 0.4) is 0 Å². The maximum absolute atomic E-state index is 13.4. The maximum atomic E-state index is 13.4. The summed E-state index contributed by atoms with van der Waals surface area (Å²) in [5, 5.41) is 15.9. The molecule has 8 nitrogen and oxygen atoms in total. The molecular formula is C24H39N3O5. The Morgan fingerprint density at radius 2 is 1.72 bits per heavy atom. The third-order valence-electron chi connectivity index (χ3n) is 4.75. The van der Waals surface area contributed by atoms with E-state index in [1.807, 2.05) is 0 Å². The summed E-state index contributed by atoms with van der Waals surface area (Å²) in [5.74, 6) is -0.913. The molecule has 3 amide bonds. The molecular weight excluding hydrogens is 410 g/mol. The average molecular weight is 450 g/mol. The van der Waals surface area contributed by atoms with Crippen molar-refractivity contribution in [2.45, 2.75) is 91.5 Å². The number of para-hydroxylation sites is 1. The fraction of sp³-hybridized carbons (Fsp3) is 0.625. The Morgan fingerprint density at radius 3 is 2.25 bits per heavy atom. The maximum Gasteiger partial charge on any atom is 0.408 e. The van der Waals surface area contributed by atoms with Gasteiger partial charge in [-0.05, 0) is 54.0 Å². The SMILES string of the molecule is CCCCCNC(=O)C(c1ccccc1O)N(C(=O)C(C)NC(=O)OC(C)(C)C)C(C)C. The third-order valence-corrected chi connectivity index (χ3v) is 4.75. The van der Waals surface area contributed by atoms with E-state index < -0.39 is 29.7 Å². The summed E-state index contributed by atoms with van der Waals surface area (Å²) in [6.07, 6.45) is 2.10. The smallest absolute Gasteiger partial charge is 0.408 e. The number of rotatable bonds is 10. The number of phenols is 1. The Morgan fingerprint density at radius 1 is 1.09 bits per heavy atom. The first-order valence-corrected chi connectivity index (χ1v) is 11.3. The number of carbonyl (C=O) groups excluding carboxylic acids is 3. The van der Waals surface area contributed by atoms with Crippen molar-refractivity contribution in [3.63, 3.8) is 0 Å². The van der Waals surface area contributed by atoms with Crippen LogP contribution in [-0.4, -0.2) is 52.1 Å². The first-order chi connectivity index (χ1) is 14.9. The highest BCUT2D eigenvalue weighted by Gasteiger charge is 2.37. The van der Waals surface area contributed by atoms with Crippen LogP contribution >= 0.6 is 0 Å². The Labute approximate surface area is 191 Å². The fourth-order valence-corrected chi connectivity index (χ4v) is 3.27. The quantitative estimate of drug-likeness (QED) is 0.470. The molecule has 180 valence electrons. The van der Waals surface area contributed by atoms with Crippen LogP contribution < -0.4 is 10.6 Å². The number of ether oxygens (including phenoxy) is 1. The molecule has 1 aromatic rings. The minimum absolute atomic E-state index is 0.0765. The average Bonchev–Trinajstić information content (AvgIpc) is 2.67. The van der Waals surface area contributed by atoms with Crippen LogP contribution in [0.4, 0.5) is 4.79 Å². The summed E-state index contributed by atoms with van der Waals surface area (Å²) in [5.41, 5.74) is -0.381. The molecule has 1 rings (SSSR count). The fourth-order valence-electron chi connectivity index (χ4n) is 3.27. The number of benzene rings is 1. The van der Waals surface area contributed by atoms with Crippen molar-refractivity contribution in [2.24, 2.45) is 0 Å². The minimum atomic E-state index is -1.05. The van der Waals surface area contributed by atoms with Gasteiger partial charge in [0.2, 0.25) is 11.8 Å². The van der Waals surface area contributed by atoms with E-state index in [-0.39, 0.29) is 17.7 Å². The van der Waals surface area contributed by atoms with Gasteiger partial charge in [0.05, 0.1) is 0 Å². The van der Waals surface area contributed by atoms with Gasteiger partial charge >= 0.3 is 6.09 Å². The highest BCUT2D eigenvalue weighted by molar-refractivity contribution is 5.92. The van der Waals surface area contributed by atoms with Crippen molar-refractivity contribution in [3.05, 3.63) is 29.8 Å². The lowest BCUT2D eigenvalue weighted by Gasteiger charge is -2.36. The molecule has 0 saturated heterocycles. The van der Waals surface area contributed by atoms with Crippen LogP contribution in [-0.2, 0) is 14.3 Å². The molecule has 0 aliphatic rings. The minimum Gasteiger partial charge on any atom is -0.508 e. The van der Waals surface area contributed by atoms with E-state index in [2.05, 4.69) is 17.6 Å². The van der Waals surface area contributed by atoms with Crippen molar-refractivity contribution < 1.29 is 24.2 Å². The molecule has 3 N–H and O–H groups in total. The van der Waals surface area contributed by atoms with E-state index >= 15 is 0 Å². The molecule has 2 unspecified atom stereocenters. The summed E-state index contributed by atoms with van der Waals surface area (Å²) >= 11 is 0. The molecule has 2 atom stereocenters. The van der Waals surface area contributed by atoms with Gasteiger partial charge < -0.3 is 25.4 Å². The number of hydrogen-bond donors (Lipinski definition) is 3. The van der Waals surface area contributed by atoms with Gasteiger partial charge in [-0.15, -0.1) is 0 Å². The van der Waals surface area contributed by atoms with Crippen LogP contribution in [0.25, 0.3) is 0 Å². The van der Waals surface area contributed by atoms with Crippen LogP contribution in [0.1, 0.15) is 79.3 Å². The van der Waals surface area contributed by atoms with E-state index in [1.165, 1.54) is 11.0 Å². The van der Waals surface area contributed by atoms with Gasteiger partial charge in [-0.1, -0.05) is 38.0 Å². The molecule has 32 heavy (non-hydrogen) atoms. The van der Waals surface area contributed by atoms with Crippen molar-refractivity contribution in [1.29, 1.82) is 0 Å². The molecule has 1 aromatic carbocycles. The molecule has 0 bridgehead atoms. The lowest BCUT2D eigenvalue weighted by molar-refractivity contribution is -0.144. The van der Waals surface area contributed by atoms with Gasteiger partial charge in [0, 0.05) is 18.2 Å². The number of hydrogen-bond acceptors (Lipinski definition) is 5. The van der Waals surface area contributed by atoms with E-state index in [9.17, 15) is 19.5 Å². The van der Waals surface area contributed by atoms with Crippen LogP contribution in [0.15, 0.2) is 24.3 Å². The Bertz CT molecular complexity index is 773. The largest absolute Gasteiger partial charge is 0.508 e. The van der Waals surface area contributed by atoms with Gasteiger partial charge in [-0.25, -0.2) is 4.79 Å². The monoisotopic (exact) mass is 449 g/mol. The van der Waals surface area contributed by atoms with E-state index in [4.69, 9.17) is 4.74 Å². The zero-order valence-corrected chi connectivity index (χ0v) is 20.4. The molecule has 0 aliphatic heterocycles. The molecule has 0 spiro atoms. The zero-order valence-electron chi connectivity index (χ0n) is 20.4. The number of unbranched alkanes of at least 4 members (excludes halogenated alkanes) is 2. The highest BCUT2D eigenvalue weighted by Crippen LogP contribution is 2.31. The van der Waals surface area contributed by atoms with Crippen molar-refractivity contribution in [2.75, 3.05) is 6.54 Å². The summed E-state index contributed by atoms with van der Waals surface area (Å²) < 4.78 is 5.25. The van der Waals surface area contributed by atoms with E-state index in [0.29, 0.717) is 12.1 Å². The third kappa shape index (κ3) is 8.40. The lowest BCUT2D eigenvalue weighted by atomic mass is 10.00. The normalized spacial score (nSPS) is 13.2. The second-order valence-corrected chi connectivity index (χ2v) is 9.17. The number of carbonyl (C=O) groups is 3. The molecule has 0 saturated carbocycles. The number of nitrogens with one attached hydrogen (secondary N) is 2.